The summed E-state index contributed by atoms with van der Waals surface area (Å²) >= 11 is 0. The number of aromatic nitrogens is 1. The van der Waals surface area contributed by atoms with Crippen LogP contribution >= 0.6 is 0 Å². The van der Waals surface area contributed by atoms with Crippen molar-refractivity contribution in [2.75, 3.05) is 25.6 Å². The molecule has 0 bridgehead atoms. The van der Waals surface area contributed by atoms with Crippen LogP contribution in [-0.4, -0.2) is 42.4 Å². The van der Waals surface area contributed by atoms with Crippen molar-refractivity contribution in [2.45, 2.75) is 19.4 Å². The molecule has 2 N–H and O–H groups in total. The SMILES string of the molecule is CCCOc1cccnc1NC(CO)C(=O)OC. The summed E-state index contributed by atoms with van der Waals surface area (Å²) < 4.78 is 10.1. The highest BCUT2D eigenvalue weighted by Gasteiger charge is 2.19. The zero-order valence-electron chi connectivity index (χ0n) is 10.5. The predicted molar refractivity (Wildman–Crippen MR) is 66.5 cm³/mol. The minimum atomic E-state index is -0.853. The number of rotatable bonds is 7. The summed E-state index contributed by atoms with van der Waals surface area (Å²) in [7, 11) is 1.26. The first-order valence-corrected chi connectivity index (χ1v) is 5.76. The largest absolute Gasteiger partial charge is 0.490 e. The molecule has 0 radical (unpaired) electrons. The van der Waals surface area contributed by atoms with Crippen molar-refractivity contribution in [1.29, 1.82) is 0 Å². The molecule has 0 spiro atoms. The molecular weight excluding hydrogens is 236 g/mol. The number of carbonyl (C=O) groups excluding carboxylic acids is 1. The van der Waals surface area contributed by atoms with Crippen LogP contribution < -0.4 is 10.1 Å². The molecule has 0 amide bonds. The Morgan fingerprint density at radius 2 is 2.39 bits per heavy atom. The van der Waals surface area contributed by atoms with Crippen LogP contribution in [0.1, 0.15) is 13.3 Å². The fourth-order valence-corrected chi connectivity index (χ4v) is 1.31. The second-order valence-electron chi connectivity index (χ2n) is 3.60. The van der Waals surface area contributed by atoms with Gasteiger partial charge in [-0.2, -0.15) is 0 Å². The van der Waals surface area contributed by atoms with E-state index in [1.54, 1.807) is 18.3 Å². The minimum Gasteiger partial charge on any atom is -0.490 e. The minimum absolute atomic E-state index is 0.379. The number of esters is 1. The van der Waals surface area contributed by atoms with Gasteiger partial charge < -0.3 is 19.9 Å². The van der Waals surface area contributed by atoms with E-state index in [9.17, 15) is 4.79 Å². The molecular formula is C12H18N2O4. The van der Waals surface area contributed by atoms with Crippen LogP contribution in [0.3, 0.4) is 0 Å². The van der Waals surface area contributed by atoms with Crippen LogP contribution in [-0.2, 0) is 9.53 Å². The molecule has 1 aromatic rings. The van der Waals surface area contributed by atoms with Gasteiger partial charge in [0.25, 0.3) is 0 Å². The molecule has 1 atom stereocenters. The maximum atomic E-state index is 11.4. The number of pyridine rings is 1. The molecule has 0 saturated heterocycles. The third-order valence-electron chi connectivity index (χ3n) is 2.21. The lowest BCUT2D eigenvalue weighted by Crippen LogP contribution is -2.34. The Hall–Kier alpha value is -1.82. The van der Waals surface area contributed by atoms with Crippen LogP contribution in [0.2, 0.25) is 0 Å². The Labute approximate surface area is 106 Å². The van der Waals surface area contributed by atoms with Gasteiger partial charge in [-0.15, -0.1) is 0 Å². The van der Waals surface area contributed by atoms with Crippen molar-refractivity contribution < 1.29 is 19.4 Å². The molecule has 1 aromatic heterocycles. The first kappa shape index (κ1) is 14.2. The van der Waals surface area contributed by atoms with E-state index in [1.807, 2.05) is 6.92 Å². The van der Waals surface area contributed by atoms with E-state index >= 15 is 0 Å². The van der Waals surface area contributed by atoms with Gasteiger partial charge in [-0.1, -0.05) is 6.92 Å². The molecule has 0 aromatic carbocycles. The molecule has 0 aliphatic heterocycles. The van der Waals surface area contributed by atoms with Crippen molar-refractivity contribution in [2.24, 2.45) is 0 Å². The van der Waals surface area contributed by atoms with Gasteiger partial charge >= 0.3 is 5.97 Å². The number of anilines is 1. The summed E-state index contributed by atoms with van der Waals surface area (Å²) in [6, 6.07) is 2.63. The number of aliphatic hydroxyl groups is 1. The van der Waals surface area contributed by atoms with Gasteiger partial charge in [0.05, 0.1) is 20.3 Å². The first-order valence-electron chi connectivity index (χ1n) is 5.76. The maximum Gasteiger partial charge on any atom is 0.330 e. The molecule has 0 aliphatic carbocycles. The van der Waals surface area contributed by atoms with Crippen molar-refractivity contribution in [3.8, 4) is 5.75 Å². The molecule has 1 rings (SSSR count). The molecule has 18 heavy (non-hydrogen) atoms. The summed E-state index contributed by atoms with van der Waals surface area (Å²) in [4.78, 5) is 15.4. The van der Waals surface area contributed by atoms with Crippen molar-refractivity contribution in [3.63, 3.8) is 0 Å². The number of nitrogens with one attached hydrogen (secondary N) is 1. The Morgan fingerprint density at radius 3 is 3.00 bits per heavy atom. The van der Waals surface area contributed by atoms with Crippen molar-refractivity contribution in [3.05, 3.63) is 18.3 Å². The summed E-state index contributed by atoms with van der Waals surface area (Å²) in [6.07, 6.45) is 2.45. The monoisotopic (exact) mass is 254 g/mol. The summed E-state index contributed by atoms with van der Waals surface area (Å²) in [5, 5.41) is 11.9. The highest BCUT2D eigenvalue weighted by atomic mass is 16.5. The molecule has 0 fully saturated rings. The van der Waals surface area contributed by atoms with E-state index in [1.165, 1.54) is 7.11 Å². The number of aliphatic hydroxyl groups excluding tert-OH is 1. The molecule has 0 aliphatic rings. The average Bonchev–Trinajstić information content (AvgIpc) is 2.42. The van der Waals surface area contributed by atoms with E-state index in [-0.39, 0.29) is 6.61 Å². The Bertz CT molecular complexity index is 384. The lowest BCUT2D eigenvalue weighted by Gasteiger charge is -2.16. The van der Waals surface area contributed by atoms with Crippen LogP contribution in [0.25, 0.3) is 0 Å². The standard InChI is InChI=1S/C12H18N2O4/c1-3-7-18-10-5-4-6-13-11(10)14-9(8-15)12(16)17-2/h4-6,9,15H,3,7-8H2,1-2H3,(H,13,14). The lowest BCUT2D eigenvalue weighted by atomic mass is 10.3. The lowest BCUT2D eigenvalue weighted by molar-refractivity contribution is -0.142. The van der Waals surface area contributed by atoms with Crippen molar-refractivity contribution in [1.82, 2.24) is 4.98 Å². The highest BCUT2D eigenvalue weighted by Crippen LogP contribution is 2.21. The van der Waals surface area contributed by atoms with Gasteiger partial charge in [-0.25, -0.2) is 9.78 Å². The number of hydrogen-bond donors (Lipinski definition) is 2. The topological polar surface area (TPSA) is 80.7 Å². The maximum absolute atomic E-state index is 11.4. The second kappa shape index (κ2) is 7.50. The molecule has 1 heterocycles. The number of hydrogen-bond acceptors (Lipinski definition) is 6. The highest BCUT2D eigenvalue weighted by molar-refractivity contribution is 5.79. The predicted octanol–water partition coefficient (Wildman–Crippen LogP) is 0.816. The van der Waals surface area contributed by atoms with Crippen LogP contribution in [0, 0.1) is 0 Å². The summed E-state index contributed by atoms with van der Waals surface area (Å²) in [5.41, 5.74) is 0. The van der Waals surface area contributed by atoms with E-state index in [2.05, 4.69) is 15.0 Å². The molecule has 6 heteroatoms. The summed E-state index contributed by atoms with van der Waals surface area (Å²) in [5.74, 6) is 0.404. The van der Waals surface area contributed by atoms with Gasteiger partial charge in [0.2, 0.25) is 0 Å². The van der Waals surface area contributed by atoms with Crippen LogP contribution in [0.5, 0.6) is 5.75 Å². The quantitative estimate of drug-likeness (QED) is 0.701. The smallest absolute Gasteiger partial charge is 0.330 e. The van der Waals surface area contributed by atoms with E-state index in [0.29, 0.717) is 18.2 Å². The zero-order chi connectivity index (χ0) is 13.4. The van der Waals surface area contributed by atoms with Gasteiger partial charge in [0.15, 0.2) is 11.6 Å². The first-order chi connectivity index (χ1) is 8.72. The van der Waals surface area contributed by atoms with Gasteiger partial charge in [0, 0.05) is 6.20 Å². The second-order valence-corrected chi connectivity index (χ2v) is 3.60. The third kappa shape index (κ3) is 3.89. The number of methoxy groups -OCH3 is 1. The van der Waals surface area contributed by atoms with E-state index < -0.39 is 12.0 Å². The Morgan fingerprint density at radius 1 is 1.61 bits per heavy atom. The van der Waals surface area contributed by atoms with Gasteiger partial charge in [-0.05, 0) is 18.6 Å². The molecule has 1 unspecified atom stereocenters. The molecule has 0 saturated carbocycles. The van der Waals surface area contributed by atoms with E-state index in [4.69, 9.17) is 9.84 Å². The third-order valence-corrected chi connectivity index (χ3v) is 2.21. The fraction of sp³-hybridized carbons (Fsp3) is 0.500. The zero-order valence-corrected chi connectivity index (χ0v) is 10.5. The average molecular weight is 254 g/mol. The van der Waals surface area contributed by atoms with Crippen LogP contribution in [0.4, 0.5) is 5.82 Å². The van der Waals surface area contributed by atoms with E-state index in [0.717, 1.165) is 6.42 Å². The fourth-order valence-electron chi connectivity index (χ4n) is 1.31. The Kier molecular flexibility index (Phi) is 5.93. The molecule has 100 valence electrons. The van der Waals surface area contributed by atoms with Gasteiger partial charge in [0.1, 0.15) is 6.04 Å². The number of carbonyl (C=O) groups is 1. The number of ether oxygens (including phenoxy) is 2. The normalized spacial score (nSPS) is 11.7. The molecule has 6 nitrogen and oxygen atoms in total. The summed E-state index contributed by atoms with van der Waals surface area (Å²) in [6.45, 7) is 2.17. The Balaban J connectivity index is 2.78. The number of nitrogens with zero attached hydrogens (tertiary/aromatic N) is 1. The van der Waals surface area contributed by atoms with Gasteiger partial charge in [-0.3, -0.25) is 0 Å². The van der Waals surface area contributed by atoms with Crippen LogP contribution in [0.15, 0.2) is 18.3 Å². The van der Waals surface area contributed by atoms with Crippen molar-refractivity contribution >= 4 is 11.8 Å².